The fourth-order valence-electron chi connectivity index (χ4n) is 1.70. The van der Waals surface area contributed by atoms with Crippen LogP contribution in [0.5, 0.6) is 0 Å². The zero-order chi connectivity index (χ0) is 11.8. The number of carbonyl (C=O) groups is 1. The minimum Gasteiger partial charge on any atom is -0.385 e. The summed E-state index contributed by atoms with van der Waals surface area (Å²) in [5.41, 5.74) is 0. The maximum Gasteiger partial charge on any atom is 0.236 e. The van der Waals surface area contributed by atoms with Gasteiger partial charge in [-0.25, -0.2) is 0 Å². The number of hydrogen-bond donors (Lipinski definition) is 1. The normalized spacial score (nSPS) is 17.8. The Hall–Kier alpha value is -0.650. The molecule has 1 aliphatic rings. The summed E-state index contributed by atoms with van der Waals surface area (Å²) < 4.78 is 4.94. The summed E-state index contributed by atoms with van der Waals surface area (Å²) in [5, 5.41) is 3.14. The molecule has 0 atom stereocenters. The maximum atomic E-state index is 11.8. The predicted octanol–water partition coefficient (Wildman–Crippen LogP) is -0.613. The number of hydrogen-bond acceptors (Lipinski definition) is 4. The zero-order valence-corrected chi connectivity index (χ0v) is 10.4. The molecule has 0 unspecified atom stereocenters. The highest BCUT2D eigenvalue weighted by Gasteiger charge is 2.17. The lowest BCUT2D eigenvalue weighted by atomic mass is 10.3. The van der Waals surface area contributed by atoms with Gasteiger partial charge in [0.15, 0.2) is 0 Å². The molecule has 1 fully saturated rings. The van der Waals surface area contributed by atoms with Crippen LogP contribution < -0.4 is 5.32 Å². The monoisotopic (exact) mass is 229 g/mol. The van der Waals surface area contributed by atoms with E-state index in [0.717, 1.165) is 45.8 Å². The molecule has 1 N–H and O–H groups in total. The van der Waals surface area contributed by atoms with Gasteiger partial charge in [-0.2, -0.15) is 0 Å². The van der Waals surface area contributed by atoms with Crippen LogP contribution in [-0.2, 0) is 9.53 Å². The van der Waals surface area contributed by atoms with Gasteiger partial charge in [0.1, 0.15) is 0 Å². The molecule has 5 nitrogen and oxygen atoms in total. The first-order valence-electron chi connectivity index (χ1n) is 5.90. The first-order chi connectivity index (χ1) is 7.74. The van der Waals surface area contributed by atoms with Crippen molar-refractivity contribution in [2.75, 3.05) is 60.0 Å². The number of rotatable bonds is 6. The largest absolute Gasteiger partial charge is 0.385 e. The summed E-state index contributed by atoms with van der Waals surface area (Å²) in [4.78, 5) is 15.9. The molecule has 16 heavy (non-hydrogen) atoms. The smallest absolute Gasteiger partial charge is 0.236 e. The Morgan fingerprint density at radius 2 is 2.00 bits per heavy atom. The molecule has 0 aromatic heterocycles. The molecule has 94 valence electrons. The van der Waals surface area contributed by atoms with Crippen LogP contribution in [0.3, 0.4) is 0 Å². The van der Waals surface area contributed by atoms with Crippen molar-refractivity contribution in [2.45, 2.75) is 6.42 Å². The first kappa shape index (κ1) is 13.4. The first-order valence-corrected chi connectivity index (χ1v) is 5.90. The van der Waals surface area contributed by atoms with E-state index in [9.17, 15) is 4.79 Å². The maximum absolute atomic E-state index is 11.8. The average Bonchev–Trinajstić information content (AvgIpc) is 2.29. The minimum atomic E-state index is 0.213. The van der Waals surface area contributed by atoms with Gasteiger partial charge in [-0.05, 0) is 20.0 Å². The van der Waals surface area contributed by atoms with E-state index in [1.165, 1.54) is 0 Å². The van der Waals surface area contributed by atoms with Crippen molar-refractivity contribution in [3.8, 4) is 0 Å². The molecule has 1 amide bonds. The quantitative estimate of drug-likeness (QED) is 0.617. The number of methoxy groups -OCH3 is 1. The second-order valence-corrected chi connectivity index (χ2v) is 4.21. The van der Waals surface area contributed by atoms with Crippen LogP contribution in [0.4, 0.5) is 0 Å². The van der Waals surface area contributed by atoms with E-state index < -0.39 is 0 Å². The van der Waals surface area contributed by atoms with Gasteiger partial charge in [-0.3, -0.25) is 4.79 Å². The highest BCUT2D eigenvalue weighted by molar-refractivity contribution is 5.78. The summed E-state index contributed by atoms with van der Waals surface area (Å²) in [6, 6.07) is 0. The molecule has 0 spiro atoms. The van der Waals surface area contributed by atoms with E-state index in [2.05, 4.69) is 17.3 Å². The van der Waals surface area contributed by atoms with Crippen molar-refractivity contribution in [2.24, 2.45) is 0 Å². The molecule has 0 saturated carbocycles. The molecular formula is C11H23N3O2. The molecule has 1 heterocycles. The van der Waals surface area contributed by atoms with E-state index >= 15 is 0 Å². The fraction of sp³-hybridized carbons (Fsp3) is 0.909. The molecule has 1 rings (SSSR count). The van der Waals surface area contributed by atoms with Crippen molar-refractivity contribution in [1.82, 2.24) is 15.1 Å². The molecular weight excluding hydrogens is 206 g/mol. The van der Waals surface area contributed by atoms with E-state index in [0.29, 0.717) is 6.54 Å². The highest BCUT2D eigenvalue weighted by atomic mass is 16.5. The van der Waals surface area contributed by atoms with Gasteiger partial charge >= 0.3 is 0 Å². The lowest BCUT2D eigenvalue weighted by molar-refractivity contribution is -0.131. The highest BCUT2D eigenvalue weighted by Crippen LogP contribution is 1.98. The number of ether oxygens (including phenoxy) is 1. The molecule has 5 heteroatoms. The number of carbonyl (C=O) groups excluding carboxylic acids is 1. The van der Waals surface area contributed by atoms with Crippen LogP contribution in [0.1, 0.15) is 6.42 Å². The average molecular weight is 229 g/mol. The van der Waals surface area contributed by atoms with Gasteiger partial charge in [0.2, 0.25) is 5.91 Å². The molecule has 0 aromatic carbocycles. The number of likely N-dealkylation sites (N-methyl/N-ethyl adjacent to an activating group) is 1. The molecule has 0 radical (unpaired) electrons. The second kappa shape index (κ2) is 7.60. The molecule has 0 bridgehead atoms. The van der Waals surface area contributed by atoms with E-state index in [1.54, 1.807) is 7.11 Å². The predicted molar refractivity (Wildman–Crippen MR) is 63.4 cm³/mol. The molecule has 1 aliphatic heterocycles. The van der Waals surface area contributed by atoms with E-state index in [-0.39, 0.29) is 5.91 Å². The van der Waals surface area contributed by atoms with Crippen molar-refractivity contribution in [3.05, 3.63) is 0 Å². The fourth-order valence-corrected chi connectivity index (χ4v) is 1.70. The van der Waals surface area contributed by atoms with Gasteiger partial charge in [0.05, 0.1) is 6.54 Å². The molecule has 0 aliphatic carbocycles. The van der Waals surface area contributed by atoms with Crippen LogP contribution in [0.15, 0.2) is 0 Å². The Kier molecular flexibility index (Phi) is 6.37. The Balaban J connectivity index is 2.06. The van der Waals surface area contributed by atoms with Crippen LogP contribution >= 0.6 is 0 Å². The number of nitrogens with one attached hydrogen (secondary N) is 1. The molecule has 0 aromatic rings. The number of piperazine rings is 1. The van der Waals surface area contributed by atoms with Gasteiger partial charge < -0.3 is 19.9 Å². The topological polar surface area (TPSA) is 44.8 Å². The van der Waals surface area contributed by atoms with Gasteiger partial charge in [-0.1, -0.05) is 0 Å². The standard InChI is InChI=1S/C11H23N3O2/c1-13-5-7-14(8-6-13)11(15)10-12-4-3-9-16-2/h12H,3-10H2,1-2H3. The van der Waals surface area contributed by atoms with Crippen molar-refractivity contribution < 1.29 is 9.53 Å². The summed E-state index contributed by atoms with van der Waals surface area (Å²) in [6.07, 6.45) is 0.951. The third-order valence-corrected chi connectivity index (χ3v) is 2.83. The summed E-state index contributed by atoms with van der Waals surface area (Å²) in [6.45, 7) is 5.71. The second-order valence-electron chi connectivity index (χ2n) is 4.21. The summed E-state index contributed by atoms with van der Waals surface area (Å²) >= 11 is 0. The van der Waals surface area contributed by atoms with Crippen LogP contribution in [0, 0.1) is 0 Å². The van der Waals surface area contributed by atoms with Crippen molar-refractivity contribution in [3.63, 3.8) is 0 Å². The lowest BCUT2D eigenvalue weighted by Crippen LogP contribution is -2.49. The van der Waals surface area contributed by atoms with Crippen LogP contribution in [0.2, 0.25) is 0 Å². The number of nitrogens with zero attached hydrogens (tertiary/aromatic N) is 2. The summed E-state index contributed by atoms with van der Waals surface area (Å²) in [7, 11) is 3.78. The van der Waals surface area contributed by atoms with Gasteiger partial charge in [-0.15, -0.1) is 0 Å². The van der Waals surface area contributed by atoms with Gasteiger partial charge in [0, 0.05) is 39.9 Å². The van der Waals surface area contributed by atoms with E-state index in [4.69, 9.17) is 4.74 Å². The third kappa shape index (κ3) is 4.92. The Morgan fingerprint density at radius 1 is 1.31 bits per heavy atom. The third-order valence-electron chi connectivity index (χ3n) is 2.83. The Morgan fingerprint density at radius 3 is 2.62 bits per heavy atom. The zero-order valence-electron chi connectivity index (χ0n) is 10.4. The summed E-state index contributed by atoms with van der Waals surface area (Å²) in [5.74, 6) is 0.213. The van der Waals surface area contributed by atoms with Crippen molar-refractivity contribution in [1.29, 1.82) is 0 Å². The van der Waals surface area contributed by atoms with Crippen LogP contribution in [0.25, 0.3) is 0 Å². The molecule has 1 saturated heterocycles. The van der Waals surface area contributed by atoms with Gasteiger partial charge in [0.25, 0.3) is 0 Å². The number of amides is 1. The minimum absolute atomic E-state index is 0.213. The Bertz CT molecular complexity index is 203. The van der Waals surface area contributed by atoms with Crippen molar-refractivity contribution >= 4 is 5.91 Å². The lowest BCUT2D eigenvalue weighted by Gasteiger charge is -2.32. The SMILES string of the molecule is COCCCNCC(=O)N1CCN(C)CC1. The van der Waals surface area contributed by atoms with Crippen LogP contribution in [-0.4, -0.2) is 75.7 Å². The van der Waals surface area contributed by atoms with E-state index in [1.807, 2.05) is 4.90 Å². The Labute approximate surface area is 97.7 Å².